The van der Waals surface area contributed by atoms with Crippen LogP contribution in [0.25, 0.3) is 17.0 Å². The lowest BCUT2D eigenvalue weighted by molar-refractivity contribution is -0.136. The quantitative estimate of drug-likeness (QED) is 0.632. The number of halogens is 3. The second-order valence-corrected chi connectivity index (χ2v) is 8.66. The number of rotatable bonds is 2. The Labute approximate surface area is 174 Å². The molecule has 1 atom stereocenters. The maximum absolute atomic E-state index is 13.7. The number of carboxylic acid groups (broad SMARTS) is 1. The first-order valence-electron chi connectivity index (χ1n) is 9.50. The summed E-state index contributed by atoms with van der Waals surface area (Å²) in [6, 6.07) is 2.19. The zero-order chi connectivity index (χ0) is 22.9. The molecule has 3 aromatic rings. The van der Waals surface area contributed by atoms with Crippen LogP contribution in [0.1, 0.15) is 53.9 Å². The van der Waals surface area contributed by atoms with Crippen molar-refractivity contribution in [3.8, 4) is 17.1 Å². The van der Waals surface area contributed by atoms with Gasteiger partial charge < -0.3 is 14.8 Å². The molecule has 0 radical (unpaired) electrons. The normalized spacial score (nSPS) is 16.2. The highest BCUT2D eigenvalue weighted by molar-refractivity contribution is 5.88. The molecule has 0 fully saturated rings. The Morgan fingerprint density at radius 1 is 1.29 bits per heavy atom. The van der Waals surface area contributed by atoms with E-state index in [1.165, 1.54) is 23.8 Å². The van der Waals surface area contributed by atoms with E-state index in [-0.39, 0.29) is 34.1 Å². The molecule has 0 spiro atoms. The molecule has 1 unspecified atom stereocenters. The third-order valence-corrected chi connectivity index (χ3v) is 5.69. The number of aromatic amines is 1. The first-order chi connectivity index (χ1) is 14.3. The molecule has 0 aliphatic heterocycles. The minimum atomic E-state index is -4.67. The molecule has 0 aromatic carbocycles. The SMILES string of the molecule is COc1cc(C(F)(F)F)c2nc3c(n2c1)CC(C(C)(C)C)c1cc(C(=O)O)c(=O)[nH]c1-3. The van der Waals surface area contributed by atoms with Crippen LogP contribution in [0.4, 0.5) is 13.2 Å². The maximum Gasteiger partial charge on any atom is 0.420 e. The van der Waals surface area contributed by atoms with Gasteiger partial charge in [-0.05, 0) is 35.4 Å². The summed E-state index contributed by atoms with van der Waals surface area (Å²) >= 11 is 0. The number of carboxylic acids is 1. The number of aromatic carboxylic acids is 1. The number of imidazole rings is 1. The molecule has 0 saturated heterocycles. The summed E-state index contributed by atoms with van der Waals surface area (Å²) in [6.07, 6.45) is -2.93. The van der Waals surface area contributed by atoms with Crippen molar-refractivity contribution in [3.05, 3.63) is 51.1 Å². The van der Waals surface area contributed by atoms with Crippen molar-refractivity contribution in [2.45, 2.75) is 39.3 Å². The van der Waals surface area contributed by atoms with Crippen LogP contribution in [0.2, 0.25) is 0 Å². The van der Waals surface area contributed by atoms with Gasteiger partial charge >= 0.3 is 12.1 Å². The van der Waals surface area contributed by atoms with Gasteiger partial charge in [0.1, 0.15) is 28.2 Å². The molecule has 3 heterocycles. The lowest BCUT2D eigenvalue weighted by atomic mass is 9.70. The number of H-pyrrole nitrogens is 1. The molecule has 0 saturated carbocycles. The Hall–Kier alpha value is -3.30. The molecule has 0 amide bonds. The standard InChI is InChI=1S/C21H20F3N3O4/c1-20(2,3)12-7-14-16(15-10(12)6-11(19(29)30)18(28)26-15)25-17-13(21(22,23)24)5-9(31-4)8-27(14)17/h5-6,8,12H,7H2,1-4H3,(H,26,28)(H,29,30). The molecule has 1 aliphatic carbocycles. The van der Waals surface area contributed by atoms with Gasteiger partial charge in [-0.15, -0.1) is 0 Å². The Balaban J connectivity index is 2.11. The van der Waals surface area contributed by atoms with E-state index in [0.29, 0.717) is 17.7 Å². The fourth-order valence-corrected chi connectivity index (χ4v) is 4.13. The van der Waals surface area contributed by atoms with Crippen molar-refractivity contribution in [2.24, 2.45) is 5.41 Å². The minimum Gasteiger partial charge on any atom is -0.495 e. The number of ether oxygens (including phenoxy) is 1. The lowest BCUT2D eigenvalue weighted by Crippen LogP contribution is -2.29. The smallest absolute Gasteiger partial charge is 0.420 e. The predicted octanol–water partition coefficient (Wildman–Crippen LogP) is 4.10. The molecule has 7 nitrogen and oxygen atoms in total. The predicted molar refractivity (Wildman–Crippen MR) is 106 cm³/mol. The number of hydrogen-bond acceptors (Lipinski definition) is 4. The number of nitrogens with one attached hydrogen (secondary N) is 1. The van der Waals surface area contributed by atoms with Crippen LogP contribution in [0, 0.1) is 5.41 Å². The molecule has 4 rings (SSSR count). The van der Waals surface area contributed by atoms with Gasteiger partial charge in [0.05, 0.1) is 24.7 Å². The average molecular weight is 435 g/mol. The topological polar surface area (TPSA) is 96.7 Å². The summed E-state index contributed by atoms with van der Waals surface area (Å²) in [5, 5.41) is 9.37. The summed E-state index contributed by atoms with van der Waals surface area (Å²) in [4.78, 5) is 30.7. The summed E-state index contributed by atoms with van der Waals surface area (Å²) < 4.78 is 47.6. The summed E-state index contributed by atoms with van der Waals surface area (Å²) in [5.74, 6) is -1.63. The van der Waals surface area contributed by atoms with E-state index in [9.17, 15) is 27.9 Å². The van der Waals surface area contributed by atoms with Crippen LogP contribution < -0.4 is 10.3 Å². The highest BCUT2D eigenvalue weighted by atomic mass is 19.4. The van der Waals surface area contributed by atoms with Crippen LogP contribution in [0.15, 0.2) is 23.1 Å². The number of fused-ring (bicyclic) bond motifs is 5. The second-order valence-electron chi connectivity index (χ2n) is 8.66. The van der Waals surface area contributed by atoms with Gasteiger partial charge in [0.2, 0.25) is 0 Å². The molecule has 0 bridgehead atoms. The van der Waals surface area contributed by atoms with E-state index in [0.717, 1.165) is 6.07 Å². The molecular formula is C21H20F3N3O4. The van der Waals surface area contributed by atoms with Gasteiger partial charge in [-0.2, -0.15) is 13.2 Å². The minimum absolute atomic E-state index is 0.0212. The third kappa shape index (κ3) is 3.26. The zero-order valence-corrected chi connectivity index (χ0v) is 17.2. The van der Waals surface area contributed by atoms with Gasteiger partial charge in [0, 0.05) is 0 Å². The zero-order valence-electron chi connectivity index (χ0n) is 17.2. The number of aromatic nitrogens is 3. The van der Waals surface area contributed by atoms with E-state index < -0.39 is 28.8 Å². The molecule has 10 heteroatoms. The monoisotopic (exact) mass is 435 g/mol. The van der Waals surface area contributed by atoms with Gasteiger partial charge in [-0.3, -0.25) is 9.20 Å². The summed E-state index contributed by atoms with van der Waals surface area (Å²) in [5.41, 5.74) is -1.42. The van der Waals surface area contributed by atoms with Crippen LogP contribution in [0.5, 0.6) is 5.75 Å². The van der Waals surface area contributed by atoms with Crippen molar-refractivity contribution in [2.75, 3.05) is 7.11 Å². The molecule has 164 valence electrons. The molecule has 2 N–H and O–H groups in total. The molecule has 1 aliphatic rings. The largest absolute Gasteiger partial charge is 0.495 e. The average Bonchev–Trinajstić information content (AvgIpc) is 3.02. The van der Waals surface area contributed by atoms with E-state index in [4.69, 9.17) is 4.74 Å². The Kier molecular flexibility index (Phi) is 4.46. The Bertz CT molecular complexity index is 1280. The number of carbonyl (C=O) groups is 1. The maximum atomic E-state index is 13.7. The molecule has 3 aromatic heterocycles. The summed E-state index contributed by atoms with van der Waals surface area (Å²) in [6.45, 7) is 5.84. The van der Waals surface area contributed by atoms with Crippen molar-refractivity contribution < 1.29 is 27.8 Å². The van der Waals surface area contributed by atoms with Crippen molar-refractivity contribution in [3.63, 3.8) is 0 Å². The van der Waals surface area contributed by atoms with Gasteiger partial charge in [-0.25, -0.2) is 9.78 Å². The lowest BCUT2D eigenvalue weighted by Gasteiger charge is -2.35. The van der Waals surface area contributed by atoms with Gasteiger partial charge in [-0.1, -0.05) is 20.8 Å². The first kappa shape index (κ1) is 21.0. The van der Waals surface area contributed by atoms with Crippen LogP contribution >= 0.6 is 0 Å². The highest BCUT2D eigenvalue weighted by Crippen LogP contribution is 2.47. The third-order valence-electron chi connectivity index (χ3n) is 5.69. The number of pyridine rings is 2. The van der Waals surface area contributed by atoms with Gasteiger partial charge in [0.15, 0.2) is 0 Å². The van der Waals surface area contributed by atoms with Gasteiger partial charge in [0.25, 0.3) is 5.56 Å². The summed E-state index contributed by atoms with van der Waals surface area (Å²) in [7, 11) is 1.28. The van der Waals surface area contributed by atoms with E-state index in [1.807, 2.05) is 20.8 Å². The molecular weight excluding hydrogens is 415 g/mol. The van der Waals surface area contributed by atoms with Crippen molar-refractivity contribution in [1.82, 2.24) is 14.4 Å². The number of hydrogen-bond donors (Lipinski definition) is 2. The van der Waals surface area contributed by atoms with E-state index in [2.05, 4.69) is 9.97 Å². The number of alkyl halides is 3. The van der Waals surface area contributed by atoms with Crippen molar-refractivity contribution in [1.29, 1.82) is 0 Å². The second kappa shape index (κ2) is 6.60. The fourth-order valence-electron chi connectivity index (χ4n) is 4.13. The van der Waals surface area contributed by atoms with Crippen LogP contribution in [-0.4, -0.2) is 32.6 Å². The van der Waals surface area contributed by atoms with Crippen LogP contribution in [0.3, 0.4) is 0 Å². The molecule has 31 heavy (non-hydrogen) atoms. The highest BCUT2D eigenvalue weighted by Gasteiger charge is 2.40. The van der Waals surface area contributed by atoms with E-state index >= 15 is 0 Å². The number of methoxy groups -OCH3 is 1. The van der Waals surface area contributed by atoms with Crippen molar-refractivity contribution >= 4 is 11.6 Å². The fraction of sp³-hybridized carbons (Fsp3) is 0.381. The first-order valence-corrected chi connectivity index (χ1v) is 9.50. The Morgan fingerprint density at radius 2 is 1.97 bits per heavy atom. The van der Waals surface area contributed by atoms with Crippen LogP contribution in [-0.2, 0) is 12.6 Å². The number of nitrogens with zero attached hydrogens (tertiary/aromatic N) is 2. The Morgan fingerprint density at radius 3 is 2.52 bits per heavy atom. The van der Waals surface area contributed by atoms with E-state index in [1.54, 1.807) is 0 Å².